The molecule has 0 aromatic carbocycles. The van der Waals surface area contributed by atoms with E-state index >= 15 is 0 Å². The van der Waals surface area contributed by atoms with Gasteiger partial charge in [-0.15, -0.1) is 11.3 Å². The van der Waals surface area contributed by atoms with Gasteiger partial charge in [-0.25, -0.2) is 18.4 Å². The Morgan fingerprint density at radius 3 is 2.74 bits per heavy atom. The van der Waals surface area contributed by atoms with Crippen molar-refractivity contribution in [2.24, 2.45) is 0 Å². The van der Waals surface area contributed by atoms with E-state index in [2.05, 4.69) is 14.9 Å². The summed E-state index contributed by atoms with van der Waals surface area (Å²) >= 11 is 1.60. The molecule has 0 saturated carbocycles. The molecule has 0 fully saturated rings. The minimum Gasteiger partial charge on any atom is -0.383 e. The third-order valence-corrected chi connectivity index (χ3v) is 5.81. The second-order valence-electron chi connectivity index (χ2n) is 5.18. The molecule has 0 unspecified atom stereocenters. The molecule has 0 N–H and O–H groups in total. The van der Waals surface area contributed by atoms with Crippen molar-refractivity contribution in [1.82, 2.24) is 19.4 Å². The van der Waals surface area contributed by atoms with Crippen LogP contribution >= 0.6 is 11.3 Å². The van der Waals surface area contributed by atoms with Crippen molar-refractivity contribution in [3.63, 3.8) is 0 Å². The molecule has 2 rings (SSSR count). The number of methoxy groups -OCH3 is 1. The van der Waals surface area contributed by atoms with Crippen LogP contribution in [0.1, 0.15) is 17.6 Å². The first kappa shape index (κ1) is 18.1. The molecule has 0 radical (unpaired) electrons. The zero-order valence-corrected chi connectivity index (χ0v) is 15.2. The second-order valence-corrected chi connectivity index (χ2v) is 8.33. The van der Waals surface area contributed by atoms with Crippen molar-refractivity contribution in [3.8, 4) is 0 Å². The summed E-state index contributed by atoms with van der Waals surface area (Å²) in [5.41, 5.74) is 0.855. The summed E-state index contributed by atoms with van der Waals surface area (Å²) in [6.45, 7) is 3.83. The van der Waals surface area contributed by atoms with E-state index in [4.69, 9.17) is 4.74 Å². The summed E-state index contributed by atoms with van der Waals surface area (Å²) in [7, 11) is 0.215. The highest BCUT2D eigenvalue weighted by Gasteiger charge is 2.22. The number of rotatable bonds is 9. The van der Waals surface area contributed by atoms with Gasteiger partial charge in [0.15, 0.2) is 0 Å². The molecular formula is C14H22N4O3S2. The van der Waals surface area contributed by atoms with Crippen LogP contribution in [-0.2, 0) is 34.2 Å². The van der Waals surface area contributed by atoms with Gasteiger partial charge in [-0.3, -0.25) is 4.90 Å². The molecule has 7 nitrogen and oxygen atoms in total. The summed E-state index contributed by atoms with van der Waals surface area (Å²) in [4.78, 5) is 10.5. The second kappa shape index (κ2) is 8.00. The van der Waals surface area contributed by atoms with E-state index in [0.717, 1.165) is 10.7 Å². The average Bonchev–Trinajstić information content (AvgIpc) is 3.15. The number of thiazole rings is 1. The first-order chi connectivity index (χ1) is 11.0. The quantitative estimate of drug-likeness (QED) is 0.674. The lowest BCUT2D eigenvalue weighted by atomic mass is 10.4. The van der Waals surface area contributed by atoms with Crippen LogP contribution in [0.15, 0.2) is 22.9 Å². The van der Waals surface area contributed by atoms with Crippen LogP contribution in [0.3, 0.4) is 0 Å². The number of hydrogen-bond donors (Lipinski definition) is 0. The van der Waals surface area contributed by atoms with Crippen LogP contribution in [0.5, 0.6) is 0 Å². The Labute approximate surface area is 140 Å². The Bertz CT molecular complexity index is 710. The minimum atomic E-state index is -3.36. The number of hydrogen-bond acceptors (Lipinski definition) is 7. The van der Waals surface area contributed by atoms with Gasteiger partial charge in [-0.1, -0.05) is 6.92 Å². The molecule has 0 bridgehead atoms. The highest BCUT2D eigenvalue weighted by molar-refractivity contribution is 7.91. The first-order valence-corrected chi connectivity index (χ1v) is 9.84. The summed E-state index contributed by atoms with van der Waals surface area (Å²) < 4.78 is 31.2. The highest BCUT2D eigenvalue weighted by Crippen LogP contribution is 2.16. The molecule has 9 heteroatoms. The number of aromatic nitrogens is 3. The lowest BCUT2D eigenvalue weighted by Gasteiger charge is -2.17. The summed E-state index contributed by atoms with van der Waals surface area (Å²) in [6.07, 6.45) is 3.42. The van der Waals surface area contributed by atoms with Crippen molar-refractivity contribution in [2.45, 2.75) is 31.7 Å². The van der Waals surface area contributed by atoms with Crippen molar-refractivity contribution in [3.05, 3.63) is 28.5 Å². The van der Waals surface area contributed by atoms with Crippen molar-refractivity contribution >= 4 is 21.2 Å². The van der Waals surface area contributed by atoms with E-state index in [1.165, 1.54) is 0 Å². The summed E-state index contributed by atoms with van der Waals surface area (Å²) in [5, 5.41) is 3.09. The van der Waals surface area contributed by atoms with Crippen molar-refractivity contribution < 1.29 is 13.2 Å². The molecule has 2 heterocycles. The molecule has 0 amide bonds. The molecule has 0 atom stereocenters. The van der Waals surface area contributed by atoms with Gasteiger partial charge < -0.3 is 9.30 Å². The lowest BCUT2D eigenvalue weighted by Crippen LogP contribution is -2.22. The van der Waals surface area contributed by atoms with Gasteiger partial charge >= 0.3 is 0 Å². The minimum absolute atomic E-state index is 0.0331. The molecule has 0 aliphatic rings. The number of nitrogens with zero attached hydrogens (tertiary/aromatic N) is 4. The van der Waals surface area contributed by atoms with Gasteiger partial charge in [-0.05, 0) is 7.05 Å². The molecular weight excluding hydrogens is 336 g/mol. The Balaban J connectivity index is 2.20. The fourth-order valence-corrected chi connectivity index (χ4v) is 3.92. The zero-order valence-electron chi connectivity index (χ0n) is 13.6. The van der Waals surface area contributed by atoms with Crippen LogP contribution in [0, 0.1) is 0 Å². The third-order valence-electron chi connectivity index (χ3n) is 3.40. The predicted molar refractivity (Wildman–Crippen MR) is 89.1 cm³/mol. The number of sulfone groups is 1. The number of ether oxygens (including phenoxy) is 1. The highest BCUT2D eigenvalue weighted by atomic mass is 32.2. The van der Waals surface area contributed by atoms with Gasteiger partial charge in [-0.2, -0.15) is 0 Å². The summed E-state index contributed by atoms with van der Waals surface area (Å²) in [5.74, 6) is 0.0331. The van der Waals surface area contributed by atoms with E-state index < -0.39 is 9.84 Å². The third kappa shape index (κ3) is 4.60. The van der Waals surface area contributed by atoms with E-state index in [-0.39, 0.29) is 10.9 Å². The summed E-state index contributed by atoms with van der Waals surface area (Å²) in [6, 6.07) is 0. The molecule has 0 aliphatic heterocycles. The Kier molecular flexibility index (Phi) is 6.28. The topological polar surface area (TPSA) is 77.3 Å². The molecule has 0 spiro atoms. The smallest absolute Gasteiger partial charge is 0.227 e. The van der Waals surface area contributed by atoms with E-state index in [9.17, 15) is 8.42 Å². The van der Waals surface area contributed by atoms with Crippen LogP contribution in [0.25, 0.3) is 0 Å². The fraction of sp³-hybridized carbons (Fsp3) is 0.571. The Hall–Kier alpha value is -1.29. The first-order valence-electron chi connectivity index (χ1n) is 7.31. The van der Waals surface area contributed by atoms with E-state index in [1.807, 2.05) is 12.4 Å². The van der Waals surface area contributed by atoms with E-state index in [1.54, 1.807) is 42.3 Å². The van der Waals surface area contributed by atoms with Crippen LogP contribution in [-0.4, -0.2) is 54.4 Å². The molecule has 2 aromatic rings. The van der Waals surface area contributed by atoms with Crippen molar-refractivity contribution in [1.29, 1.82) is 0 Å². The van der Waals surface area contributed by atoms with Gasteiger partial charge in [0.1, 0.15) is 5.01 Å². The van der Waals surface area contributed by atoms with Crippen LogP contribution in [0.2, 0.25) is 0 Å². The van der Waals surface area contributed by atoms with E-state index in [0.29, 0.717) is 26.2 Å². The van der Waals surface area contributed by atoms with Crippen molar-refractivity contribution in [2.75, 3.05) is 26.5 Å². The Morgan fingerprint density at radius 1 is 1.35 bits per heavy atom. The average molecular weight is 358 g/mol. The van der Waals surface area contributed by atoms with Crippen LogP contribution < -0.4 is 0 Å². The van der Waals surface area contributed by atoms with Gasteiger partial charge in [0.25, 0.3) is 0 Å². The van der Waals surface area contributed by atoms with Gasteiger partial charge in [0, 0.05) is 31.8 Å². The van der Waals surface area contributed by atoms with Gasteiger partial charge in [0.2, 0.25) is 15.0 Å². The fourth-order valence-electron chi connectivity index (χ4n) is 2.21. The lowest BCUT2D eigenvalue weighted by molar-refractivity contribution is 0.182. The zero-order chi connectivity index (χ0) is 16.9. The van der Waals surface area contributed by atoms with Crippen LogP contribution in [0.4, 0.5) is 0 Å². The van der Waals surface area contributed by atoms with Gasteiger partial charge in [0.05, 0.1) is 30.8 Å². The largest absolute Gasteiger partial charge is 0.383 e. The molecule has 0 aliphatic carbocycles. The molecule has 128 valence electrons. The normalized spacial score (nSPS) is 12.2. The molecule has 2 aromatic heterocycles. The maximum absolute atomic E-state index is 12.2. The molecule has 23 heavy (non-hydrogen) atoms. The monoisotopic (exact) mass is 358 g/mol. The predicted octanol–water partition coefficient (Wildman–Crippen LogP) is 1.41. The maximum atomic E-state index is 12.2. The molecule has 0 saturated heterocycles. The standard InChI is InChI=1S/C14H22N4O3S2/c1-4-23(19,20)14-16-9-12(18(14)6-7-21-3)10-17(2)11-13-15-5-8-22-13/h5,8-9H,4,6-7,10-11H2,1-3H3. The SMILES string of the molecule is CCS(=O)(=O)c1ncc(CN(C)Cc2nccs2)n1CCOC. The Morgan fingerprint density at radius 2 is 2.13 bits per heavy atom. The maximum Gasteiger partial charge on any atom is 0.227 e. The number of imidazole rings is 1.